The molecule has 0 heterocycles. The molecule has 15 heavy (non-hydrogen) atoms. The maximum Gasteiger partial charge on any atom is 0.340 e. The lowest BCUT2D eigenvalue weighted by Crippen LogP contribution is -2.08. The predicted octanol–water partition coefficient (Wildman–Crippen LogP) is 2.01. The Hall–Kier alpha value is -1.28. The number of carbonyl (C=O) groups excluding carboxylic acids is 1. The van der Waals surface area contributed by atoms with Gasteiger partial charge in [-0.05, 0) is 25.5 Å². The summed E-state index contributed by atoms with van der Waals surface area (Å²) in [7, 11) is -2.34. The van der Waals surface area contributed by atoms with Crippen LogP contribution in [0.5, 0.6) is 0 Å². The van der Waals surface area contributed by atoms with E-state index < -0.39 is 13.1 Å². The Balaban J connectivity index is 2.71. The van der Waals surface area contributed by atoms with Crippen LogP contribution in [0, 0.1) is 0 Å². The number of nitrogen functional groups attached to an aromatic ring is 1. The van der Waals surface area contributed by atoms with Crippen LogP contribution in [0.4, 0.5) is 5.69 Å². The van der Waals surface area contributed by atoms with Crippen molar-refractivity contribution < 1.29 is 14.1 Å². The lowest BCUT2D eigenvalue weighted by Gasteiger charge is -2.09. The number of hydrogen-bond acceptors (Lipinski definition) is 4. The molecule has 0 aromatic heterocycles. The molecule has 1 rings (SSSR count). The molecule has 0 atom stereocenters. The lowest BCUT2D eigenvalue weighted by atomic mass is 10.2. The van der Waals surface area contributed by atoms with Gasteiger partial charge in [-0.15, -0.1) is 0 Å². The maximum absolute atomic E-state index is 11.5. The highest BCUT2D eigenvalue weighted by Gasteiger charge is 2.14. The van der Waals surface area contributed by atoms with E-state index in [-0.39, 0.29) is 6.35 Å². The molecular weight excluding hydrogens is 213 g/mol. The molecule has 4 nitrogen and oxygen atoms in total. The molecule has 0 unspecified atom stereocenters. The summed E-state index contributed by atoms with van der Waals surface area (Å²) >= 11 is 0. The van der Waals surface area contributed by atoms with Gasteiger partial charge in [0.1, 0.15) is 13.5 Å². The molecule has 0 saturated carbocycles. The van der Waals surface area contributed by atoms with Gasteiger partial charge in [0.15, 0.2) is 0 Å². The first kappa shape index (κ1) is 11.8. The summed E-state index contributed by atoms with van der Waals surface area (Å²) in [6.45, 7) is 3.13. The molecule has 0 fully saturated rings. The zero-order chi connectivity index (χ0) is 11.5. The number of esters is 1. The second kappa shape index (κ2) is 4.49. The molecule has 82 valence electrons. The van der Waals surface area contributed by atoms with Crippen LogP contribution >= 0.6 is 7.14 Å². The average Bonchev–Trinajstić information content (AvgIpc) is 2.14. The molecule has 0 aliphatic carbocycles. The largest absolute Gasteiger partial charge is 0.454 e. The normalized spacial score (nSPS) is 11.1. The molecule has 0 spiro atoms. The van der Waals surface area contributed by atoms with Gasteiger partial charge in [-0.2, -0.15) is 0 Å². The Kier molecular flexibility index (Phi) is 3.53. The Morgan fingerprint density at radius 3 is 2.53 bits per heavy atom. The van der Waals surface area contributed by atoms with Crippen LogP contribution in [0.1, 0.15) is 10.4 Å². The van der Waals surface area contributed by atoms with Crippen molar-refractivity contribution in [1.82, 2.24) is 0 Å². The first-order chi connectivity index (χ1) is 6.90. The first-order valence-corrected chi connectivity index (χ1v) is 7.24. The highest BCUT2D eigenvalue weighted by molar-refractivity contribution is 7.62. The van der Waals surface area contributed by atoms with E-state index in [9.17, 15) is 9.36 Å². The lowest BCUT2D eigenvalue weighted by molar-refractivity contribution is 0.0572. The third kappa shape index (κ3) is 3.76. The summed E-state index contributed by atoms with van der Waals surface area (Å²) in [5.41, 5.74) is 6.27. The van der Waals surface area contributed by atoms with Crippen LogP contribution in [-0.2, 0) is 9.30 Å². The molecule has 0 radical (unpaired) electrons. The zero-order valence-corrected chi connectivity index (χ0v) is 9.66. The second-order valence-corrected chi connectivity index (χ2v) is 7.13. The minimum absolute atomic E-state index is 0.0554. The Bertz CT molecular complexity index is 411. The van der Waals surface area contributed by atoms with E-state index in [2.05, 4.69) is 0 Å². The van der Waals surface area contributed by atoms with Crippen LogP contribution in [0.15, 0.2) is 24.3 Å². The molecular formula is C10H14NO3P. The van der Waals surface area contributed by atoms with E-state index in [1.54, 1.807) is 37.6 Å². The number of nitrogens with two attached hydrogens (primary N) is 1. The maximum atomic E-state index is 11.5. The Morgan fingerprint density at radius 2 is 2.00 bits per heavy atom. The van der Waals surface area contributed by atoms with Crippen molar-refractivity contribution in [3.8, 4) is 0 Å². The van der Waals surface area contributed by atoms with E-state index in [1.807, 2.05) is 0 Å². The molecule has 1 aromatic carbocycles. The molecule has 0 aliphatic heterocycles. The summed E-state index contributed by atoms with van der Waals surface area (Å²) < 4.78 is 16.2. The van der Waals surface area contributed by atoms with E-state index in [0.29, 0.717) is 11.3 Å². The number of hydrogen-bond donors (Lipinski definition) is 1. The van der Waals surface area contributed by atoms with E-state index in [4.69, 9.17) is 10.5 Å². The van der Waals surface area contributed by atoms with Crippen LogP contribution in [0.3, 0.4) is 0 Å². The van der Waals surface area contributed by atoms with Gasteiger partial charge >= 0.3 is 5.97 Å². The zero-order valence-electron chi connectivity index (χ0n) is 8.77. The van der Waals surface area contributed by atoms with Crippen LogP contribution in [0.2, 0.25) is 0 Å². The van der Waals surface area contributed by atoms with Crippen molar-refractivity contribution in [2.75, 3.05) is 25.4 Å². The van der Waals surface area contributed by atoms with E-state index >= 15 is 0 Å². The molecule has 5 heteroatoms. The second-order valence-electron chi connectivity index (χ2n) is 3.72. The van der Waals surface area contributed by atoms with E-state index in [1.165, 1.54) is 0 Å². The molecule has 2 N–H and O–H groups in total. The van der Waals surface area contributed by atoms with Gasteiger partial charge in [0, 0.05) is 5.69 Å². The summed E-state index contributed by atoms with van der Waals surface area (Å²) in [5.74, 6) is -0.531. The Labute approximate surface area is 88.8 Å². The fourth-order valence-corrected chi connectivity index (χ4v) is 1.40. The van der Waals surface area contributed by atoms with E-state index in [0.717, 1.165) is 0 Å². The van der Waals surface area contributed by atoms with Crippen LogP contribution < -0.4 is 5.73 Å². The summed E-state index contributed by atoms with van der Waals surface area (Å²) in [4.78, 5) is 11.5. The summed E-state index contributed by atoms with van der Waals surface area (Å²) in [6, 6.07) is 6.63. The molecule has 0 bridgehead atoms. The van der Waals surface area contributed by atoms with Gasteiger partial charge < -0.3 is 15.0 Å². The van der Waals surface area contributed by atoms with Crippen molar-refractivity contribution in [2.24, 2.45) is 0 Å². The van der Waals surface area contributed by atoms with Crippen molar-refractivity contribution in [2.45, 2.75) is 0 Å². The van der Waals surface area contributed by atoms with Gasteiger partial charge in [0.05, 0.1) is 5.56 Å². The SMILES string of the molecule is CP(C)(=O)COC(=O)c1ccccc1N. The van der Waals surface area contributed by atoms with Gasteiger partial charge in [-0.1, -0.05) is 12.1 Å². The molecule has 0 aliphatic rings. The van der Waals surface area contributed by atoms with Crippen molar-refractivity contribution >= 4 is 18.8 Å². The van der Waals surface area contributed by atoms with Crippen molar-refractivity contribution in [3.63, 3.8) is 0 Å². The number of benzene rings is 1. The van der Waals surface area contributed by atoms with Gasteiger partial charge in [0.25, 0.3) is 0 Å². The van der Waals surface area contributed by atoms with Crippen molar-refractivity contribution in [3.05, 3.63) is 29.8 Å². The number of anilines is 1. The van der Waals surface area contributed by atoms with Gasteiger partial charge in [0.2, 0.25) is 0 Å². The number of rotatable bonds is 3. The van der Waals surface area contributed by atoms with Crippen LogP contribution in [0.25, 0.3) is 0 Å². The number of ether oxygens (including phenoxy) is 1. The highest BCUT2D eigenvalue weighted by atomic mass is 31.2. The number of para-hydroxylation sites is 1. The minimum Gasteiger partial charge on any atom is -0.454 e. The molecule has 1 aromatic rings. The standard InChI is InChI=1S/C10H14NO3P/c1-15(2,13)7-14-10(12)8-5-3-4-6-9(8)11/h3-6H,7,11H2,1-2H3. The topological polar surface area (TPSA) is 69.4 Å². The van der Waals surface area contributed by atoms with Crippen molar-refractivity contribution in [1.29, 1.82) is 0 Å². The summed E-state index contributed by atoms with van der Waals surface area (Å²) in [6.07, 6.45) is -0.0554. The summed E-state index contributed by atoms with van der Waals surface area (Å²) in [5, 5.41) is 0. The monoisotopic (exact) mass is 227 g/mol. The van der Waals surface area contributed by atoms with Gasteiger partial charge in [-0.25, -0.2) is 4.79 Å². The fraction of sp³-hybridized carbons (Fsp3) is 0.300. The van der Waals surface area contributed by atoms with Gasteiger partial charge in [-0.3, -0.25) is 0 Å². The quantitative estimate of drug-likeness (QED) is 0.487. The fourth-order valence-electron chi connectivity index (χ4n) is 0.975. The third-order valence-corrected chi connectivity index (χ3v) is 2.44. The number of carbonyl (C=O) groups is 1. The first-order valence-electron chi connectivity index (χ1n) is 4.46. The predicted molar refractivity (Wildman–Crippen MR) is 60.6 cm³/mol. The highest BCUT2D eigenvalue weighted by Crippen LogP contribution is 2.35. The minimum atomic E-state index is -2.34. The third-order valence-electron chi connectivity index (χ3n) is 1.69. The molecule has 0 saturated heterocycles. The Morgan fingerprint density at radius 1 is 1.40 bits per heavy atom. The molecule has 0 amide bonds. The smallest absolute Gasteiger partial charge is 0.340 e. The van der Waals surface area contributed by atoms with Crippen LogP contribution in [-0.4, -0.2) is 25.6 Å². The average molecular weight is 227 g/mol.